The van der Waals surface area contributed by atoms with E-state index in [0.29, 0.717) is 6.54 Å². The topological polar surface area (TPSA) is 30.9 Å². The van der Waals surface area contributed by atoms with Crippen molar-refractivity contribution in [2.24, 2.45) is 5.73 Å². The van der Waals surface area contributed by atoms with Gasteiger partial charge in [0.15, 0.2) is 0 Å². The molecular formula is C12H13FN2. The summed E-state index contributed by atoms with van der Waals surface area (Å²) in [7, 11) is 0. The van der Waals surface area contributed by atoms with Crippen LogP contribution in [0.15, 0.2) is 42.6 Å². The van der Waals surface area contributed by atoms with Crippen LogP contribution in [-0.4, -0.2) is 11.1 Å². The normalized spacial score (nSPS) is 10.5. The van der Waals surface area contributed by atoms with Crippen LogP contribution in [0.25, 0.3) is 5.69 Å². The van der Waals surface area contributed by atoms with Crippen LogP contribution >= 0.6 is 0 Å². The third-order valence-corrected chi connectivity index (χ3v) is 2.32. The molecule has 2 aromatic rings. The van der Waals surface area contributed by atoms with Gasteiger partial charge in [-0.25, -0.2) is 4.39 Å². The van der Waals surface area contributed by atoms with E-state index in [0.717, 1.165) is 17.8 Å². The molecule has 0 aliphatic carbocycles. The number of hydrogen-bond acceptors (Lipinski definition) is 1. The molecule has 0 spiro atoms. The van der Waals surface area contributed by atoms with Crippen molar-refractivity contribution in [2.75, 3.05) is 6.54 Å². The smallest absolute Gasteiger partial charge is 0.125 e. The highest BCUT2D eigenvalue weighted by molar-refractivity contribution is 5.35. The minimum Gasteiger partial charge on any atom is -0.330 e. The fourth-order valence-electron chi connectivity index (χ4n) is 1.65. The summed E-state index contributed by atoms with van der Waals surface area (Å²) in [5.41, 5.74) is 7.45. The summed E-state index contributed by atoms with van der Waals surface area (Å²) in [6.07, 6.45) is 2.71. The van der Waals surface area contributed by atoms with Crippen LogP contribution in [0.5, 0.6) is 0 Å². The first-order valence-electron chi connectivity index (χ1n) is 4.93. The molecule has 0 atom stereocenters. The minimum absolute atomic E-state index is 0.222. The van der Waals surface area contributed by atoms with Crippen molar-refractivity contribution in [1.82, 2.24) is 4.57 Å². The highest BCUT2D eigenvalue weighted by Crippen LogP contribution is 2.14. The zero-order chi connectivity index (χ0) is 10.7. The van der Waals surface area contributed by atoms with Crippen LogP contribution in [0.2, 0.25) is 0 Å². The minimum atomic E-state index is -0.222. The first kappa shape index (κ1) is 9.93. The van der Waals surface area contributed by atoms with Crippen molar-refractivity contribution in [1.29, 1.82) is 0 Å². The maximum atomic E-state index is 13.0. The molecule has 2 nitrogen and oxygen atoms in total. The van der Waals surface area contributed by atoms with E-state index in [1.165, 1.54) is 12.1 Å². The van der Waals surface area contributed by atoms with Gasteiger partial charge in [0.25, 0.3) is 0 Å². The van der Waals surface area contributed by atoms with Crippen molar-refractivity contribution in [2.45, 2.75) is 6.42 Å². The lowest BCUT2D eigenvalue weighted by Gasteiger charge is -2.08. The Kier molecular flexibility index (Phi) is 2.83. The molecule has 0 saturated carbocycles. The Bertz CT molecular complexity index is 448. The van der Waals surface area contributed by atoms with E-state index in [1.54, 1.807) is 6.07 Å². The van der Waals surface area contributed by atoms with Crippen LogP contribution in [0, 0.1) is 5.82 Å². The van der Waals surface area contributed by atoms with Crippen molar-refractivity contribution in [3.63, 3.8) is 0 Å². The SMILES string of the molecule is NCCc1cccn1-c1cccc(F)c1. The highest BCUT2D eigenvalue weighted by atomic mass is 19.1. The van der Waals surface area contributed by atoms with E-state index >= 15 is 0 Å². The molecule has 1 aromatic heterocycles. The maximum absolute atomic E-state index is 13.0. The Morgan fingerprint density at radius 3 is 2.80 bits per heavy atom. The van der Waals surface area contributed by atoms with Gasteiger partial charge < -0.3 is 10.3 Å². The van der Waals surface area contributed by atoms with E-state index in [2.05, 4.69) is 0 Å². The Balaban J connectivity index is 2.40. The lowest BCUT2D eigenvalue weighted by Crippen LogP contribution is -2.07. The van der Waals surface area contributed by atoms with E-state index in [-0.39, 0.29) is 5.82 Å². The number of benzene rings is 1. The number of halogens is 1. The van der Waals surface area contributed by atoms with Crippen LogP contribution in [0.1, 0.15) is 5.69 Å². The molecule has 0 aliphatic rings. The van der Waals surface area contributed by atoms with Crippen molar-refractivity contribution in [3.05, 3.63) is 54.1 Å². The Morgan fingerprint density at radius 1 is 1.20 bits per heavy atom. The molecule has 3 heteroatoms. The molecule has 1 heterocycles. The first-order valence-corrected chi connectivity index (χ1v) is 4.93. The Labute approximate surface area is 88.1 Å². The van der Waals surface area contributed by atoms with Crippen LogP contribution in [0.3, 0.4) is 0 Å². The van der Waals surface area contributed by atoms with E-state index in [4.69, 9.17) is 5.73 Å². The van der Waals surface area contributed by atoms with Gasteiger partial charge in [0, 0.05) is 24.0 Å². The second-order valence-corrected chi connectivity index (χ2v) is 3.39. The van der Waals surface area contributed by atoms with Gasteiger partial charge in [0.1, 0.15) is 5.82 Å². The maximum Gasteiger partial charge on any atom is 0.125 e. The summed E-state index contributed by atoms with van der Waals surface area (Å²) in [4.78, 5) is 0. The molecule has 1 aromatic carbocycles. The monoisotopic (exact) mass is 204 g/mol. The van der Waals surface area contributed by atoms with Crippen molar-refractivity contribution >= 4 is 0 Å². The third-order valence-electron chi connectivity index (χ3n) is 2.32. The van der Waals surface area contributed by atoms with Crippen LogP contribution < -0.4 is 5.73 Å². The van der Waals surface area contributed by atoms with Crippen molar-refractivity contribution in [3.8, 4) is 5.69 Å². The van der Waals surface area contributed by atoms with E-state index < -0.39 is 0 Å². The summed E-state index contributed by atoms with van der Waals surface area (Å²) >= 11 is 0. The lowest BCUT2D eigenvalue weighted by atomic mass is 10.2. The summed E-state index contributed by atoms with van der Waals surface area (Å²) in [6, 6.07) is 10.5. The lowest BCUT2D eigenvalue weighted by molar-refractivity contribution is 0.626. The van der Waals surface area contributed by atoms with Gasteiger partial charge in [-0.1, -0.05) is 6.07 Å². The van der Waals surface area contributed by atoms with Gasteiger partial charge in [-0.05, 0) is 36.9 Å². The average molecular weight is 204 g/mol. The van der Waals surface area contributed by atoms with E-state index in [1.807, 2.05) is 29.0 Å². The zero-order valence-electron chi connectivity index (χ0n) is 8.36. The first-order chi connectivity index (χ1) is 7.31. The summed E-state index contributed by atoms with van der Waals surface area (Å²) in [5, 5.41) is 0. The quantitative estimate of drug-likeness (QED) is 0.815. The molecule has 15 heavy (non-hydrogen) atoms. The second kappa shape index (κ2) is 4.28. The van der Waals surface area contributed by atoms with Gasteiger partial charge in [0.05, 0.1) is 0 Å². The van der Waals surface area contributed by atoms with Gasteiger partial charge in [-0.2, -0.15) is 0 Å². The number of rotatable bonds is 3. The Morgan fingerprint density at radius 2 is 2.07 bits per heavy atom. The molecule has 0 bridgehead atoms. The zero-order valence-corrected chi connectivity index (χ0v) is 8.36. The van der Waals surface area contributed by atoms with E-state index in [9.17, 15) is 4.39 Å². The fraction of sp³-hybridized carbons (Fsp3) is 0.167. The van der Waals surface area contributed by atoms with Crippen LogP contribution in [0.4, 0.5) is 4.39 Å². The molecule has 0 unspecified atom stereocenters. The summed E-state index contributed by atoms with van der Waals surface area (Å²) < 4.78 is 15.0. The molecule has 0 aliphatic heterocycles. The third kappa shape index (κ3) is 2.07. The summed E-state index contributed by atoms with van der Waals surface area (Å²) in [6.45, 7) is 0.597. The predicted octanol–water partition coefficient (Wildman–Crippen LogP) is 2.12. The predicted molar refractivity (Wildman–Crippen MR) is 58.5 cm³/mol. The van der Waals surface area contributed by atoms with Gasteiger partial charge in [0.2, 0.25) is 0 Å². The van der Waals surface area contributed by atoms with Crippen LogP contribution in [-0.2, 0) is 6.42 Å². The van der Waals surface area contributed by atoms with Gasteiger partial charge >= 0.3 is 0 Å². The average Bonchev–Trinajstić information content (AvgIpc) is 2.66. The second-order valence-electron chi connectivity index (χ2n) is 3.39. The largest absolute Gasteiger partial charge is 0.330 e. The van der Waals surface area contributed by atoms with Gasteiger partial charge in [-0.15, -0.1) is 0 Å². The molecule has 0 amide bonds. The molecular weight excluding hydrogens is 191 g/mol. The molecule has 2 N–H and O–H groups in total. The molecule has 0 fully saturated rings. The highest BCUT2D eigenvalue weighted by Gasteiger charge is 2.02. The molecule has 0 saturated heterocycles. The van der Waals surface area contributed by atoms with Crippen molar-refractivity contribution < 1.29 is 4.39 Å². The molecule has 0 radical (unpaired) electrons. The molecule has 2 rings (SSSR count). The Hall–Kier alpha value is -1.61. The summed E-state index contributed by atoms with van der Waals surface area (Å²) in [5.74, 6) is -0.222. The van der Waals surface area contributed by atoms with Gasteiger partial charge in [-0.3, -0.25) is 0 Å². The number of aromatic nitrogens is 1. The molecule has 78 valence electrons. The fourth-order valence-corrected chi connectivity index (χ4v) is 1.65. The number of nitrogens with zero attached hydrogens (tertiary/aromatic N) is 1. The number of nitrogens with two attached hydrogens (primary N) is 1. The standard InChI is InChI=1S/C12H13FN2/c13-10-3-1-4-12(9-10)15-8-2-5-11(15)6-7-14/h1-5,8-9H,6-7,14H2. The number of hydrogen-bond donors (Lipinski definition) is 1.